The monoisotopic (exact) mass is 426 g/mol. The van der Waals surface area contributed by atoms with E-state index < -0.39 is 22.3 Å². The summed E-state index contributed by atoms with van der Waals surface area (Å²) >= 11 is 5.35. The molecule has 0 fully saturated rings. The molecule has 18 heavy (non-hydrogen) atoms. The maximum Gasteiger partial charge on any atom is 0.133 e. The van der Waals surface area contributed by atoms with E-state index in [9.17, 15) is 13.2 Å². The van der Waals surface area contributed by atoms with Crippen LogP contribution in [0, 0.1) is 21.0 Å². The Morgan fingerprint density at radius 2 is 1.56 bits per heavy atom. The van der Waals surface area contributed by atoms with E-state index >= 15 is 0 Å². The molecule has 2 aromatic rings. The first kappa shape index (κ1) is 13.9. The molecule has 0 bridgehead atoms. The lowest BCUT2D eigenvalue weighted by molar-refractivity contribution is 0.527. The zero-order valence-corrected chi connectivity index (χ0v) is 12.7. The molecule has 0 radical (unpaired) electrons. The maximum absolute atomic E-state index is 13.7. The number of hydrogen-bond acceptors (Lipinski definition) is 0. The van der Waals surface area contributed by atoms with Crippen LogP contribution >= 0.6 is 38.5 Å². The maximum atomic E-state index is 13.7. The van der Waals surface area contributed by atoms with Crippen LogP contribution < -0.4 is 0 Å². The number of alkyl halides is 1. The van der Waals surface area contributed by atoms with Gasteiger partial charge in [0.25, 0.3) is 0 Å². The van der Waals surface area contributed by atoms with Crippen LogP contribution in [0.1, 0.15) is 16.0 Å². The summed E-state index contributed by atoms with van der Waals surface area (Å²) in [7, 11) is 0. The molecule has 0 saturated carbocycles. The summed E-state index contributed by atoms with van der Waals surface area (Å²) in [4.78, 5) is -0.647. The smallest absolute Gasteiger partial charge is 0.133 e. The summed E-state index contributed by atoms with van der Waals surface area (Å²) in [5.74, 6) is -2.71. The van der Waals surface area contributed by atoms with E-state index in [2.05, 4.69) is 38.5 Å². The number of rotatable bonds is 2. The molecule has 0 aromatic heterocycles. The second-order valence-corrected chi connectivity index (χ2v) is 5.75. The molecule has 2 aromatic carbocycles. The van der Waals surface area contributed by atoms with Crippen molar-refractivity contribution in [2.24, 2.45) is 0 Å². The summed E-state index contributed by atoms with van der Waals surface area (Å²) in [6.07, 6.45) is 0. The van der Waals surface area contributed by atoms with Crippen LogP contribution in [-0.2, 0) is 0 Å². The van der Waals surface area contributed by atoms with Gasteiger partial charge in [-0.1, -0.05) is 34.1 Å². The van der Waals surface area contributed by atoms with Gasteiger partial charge < -0.3 is 0 Å². The Kier molecular flexibility index (Phi) is 4.32. The summed E-state index contributed by atoms with van der Waals surface area (Å²) in [5, 5.41) is 0. The van der Waals surface area contributed by atoms with Crippen LogP contribution in [0.3, 0.4) is 0 Å². The summed E-state index contributed by atoms with van der Waals surface area (Å²) in [6.45, 7) is 0. The van der Waals surface area contributed by atoms with Crippen LogP contribution in [0.4, 0.5) is 13.2 Å². The second kappa shape index (κ2) is 5.61. The van der Waals surface area contributed by atoms with Gasteiger partial charge in [-0.15, -0.1) is 0 Å². The molecule has 5 heteroatoms. The van der Waals surface area contributed by atoms with Crippen molar-refractivity contribution in [2.75, 3.05) is 0 Å². The minimum Gasteiger partial charge on any atom is -0.207 e. The van der Waals surface area contributed by atoms with E-state index in [4.69, 9.17) is 0 Å². The molecule has 0 aliphatic heterocycles. The zero-order chi connectivity index (χ0) is 13.3. The van der Waals surface area contributed by atoms with Gasteiger partial charge in [0.05, 0.1) is 4.83 Å². The summed E-state index contributed by atoms with van der Waals surface area (Å²) < 4.78 is 41.1. The van der Waals surface area contributed by atoms with E-state index in [1.807, 2.05) is 12.1 Å². The molecule has 0 spiro atoms. The van der Waals surface area contributed by atoms with Gasteiger partial charge in [-0.05, 0) is 34.2 Å². The van der Waals surface area contributed by atoms with Crippen molar-refractivity contribution < 1.29 is 13.2 Å². The molecule has 94 valence electrons. The molecule has 0 aliphatic rings. The highest BCUT2D eigenvalue weighted by molar-refractivity contribution is 14.1. The lowest BCUT2D eigenvalue weighted by Crippen LogP contribution is -2.03. The third-order valence-corrected chi connectivity index (χ3v) is 4.41. The predicted molar refractivity (Wildman–Crippen MR) is 76.2 cm³/mol. The van der Waals surface area contributed by atoms with Crippen LogP contribution in [0.5, 0.6) is 0 Å². The average Bonchev–Trinajstić information content (AvgIpc) is 2.27. The van der Waals surface area contributed by atoms with Gasteiger partial charge in [0, 0.05) is 21.3 Å². The van der Waals surface area contributed by atoms with Gasteiger partial charge in [0.15, 0.2) is 0 Å². The predicted octanol–water partition coefficient (Wildman–Crippen LogP) is 5.19. The molecule has 1 unspecified atom stereocenters. The van der Waals surface area contributed by atoms with Gasteiger partial charge in [0.2, 0.25) is 0 Å². The van der Waals surface area contributed by atoms with E-state index in [0.29, 0.717) is 12.1 Å². The van der Waals surface area contributed by atoms with E-state index in [0.717, 1.165) is 9.13 Å². The minimum absolute atomic E-state index is 0.180. The standard InChI is InChI=1S/C13H7BrF3I/c14-13(8-3-1-2-4-11(8)18)12-9(16)5-7(15)6-10(12)17/h1-6,13H. The largest absolute Gasteiger partial charge is 0.207 e. The van der Waals surface area contributed by atoms with Crippen LogP contribution in [-0.4, -0.2) is 0 Å². The molecule has 0 aliphatic carbocycles. The van der Waals surface area contributed by atoms with Gasteiger partial charge >= 0.3 is 0 Å². The van der Waals surface area contributed by atoms with Crippen LogP contribution in [0.15, 0.2) is 36.4 Å². The Morgan fingerprint density at radius 3 is 2.11 bits per heavy atom. The van der Waals surface area contributed by atoms with E-state index in [1.54, 1.807) is 12.1 Å². The van der Waals surface area contributed by atoms with Crippen molar-refractivity contribution in [1.29, 1.82) is 0 Å². The fraction of sp³-hybridized carbons (Fsp3) is 0.0769. The van der Waals surface area contributed by atoms with Crippen molar-refractivity contribution in [3.05, 3.63) is 68.5 Å². The van der Waals surface area contributed by atoms with Crippen LogP contribution in [0.2, 0.25) is 0 Å². The second-order valence-electron chi connectivity index (χ2n) is 3.67. The van der Waals surface area contributed by atoms with E-state index in [-0.39, 0.29) is 5.56 Å². The quantitative estimate of drug-likeness (QED) is 0.457. The normalized spacial score (nSPS) is 12.5. The molecule has 0 saturated heterocycles. The van der Waals surface area contributed by atoms with E-state index in [1.165, 1.54) is 0 Å². The third-order valence-electron chi connectivity index (χ3n) is 2.48. The molecule has 0 nitrogen and oxygen atoms in total. The number of halogens is 5. The number of hydrogen-bond donors (Lipinski definition) is 0. The van der Waals surface area contributed by atoms with Crippen molar-refractivity contribution >= 4 is 38.5 Å². The molecular weight excluding hydrogens is 420 g/mol. The van der Waals surface area contributed by atoms with Gasteiger partial charge in [0.1, 0.15) is 17.5 Å². The molecule has 2 rings (SSSR count). The third kappa shape index (κ3) is 2.71. The molecule has 1 atom stereocenters. The van der Waals surface area contributed by atoms with Gasteiger partial charge in [-0.3, -0.25) is 0 Å². The first-order chi connectivity index (χ1) is 8.50. The fourth-order valence-corrected chi connectivity index (χ4v) is 3.60. The highest BCUT2D eigenvalue weighted by atomic mass is 127. The highest BCUT2D eigenvalue weighted by Crippen LogP contribution is 2.36. The lowest BCUT2D eigenvalue weighted by Gasteiger charge is -2.14. The van der Waals surface area contributed by atoms with Crippen molar-refractivity contribution in [2.45, 2.75) is 4.83 Å². The summed E-state index contributed by atoms with van der Waals surface area (Å²) in [5.41, 5.74) is 0.558. The Hall–Kier alpha value is -0.560. The van der Waals surface area contributed by atoms with Crippen molar-refractivity contribution in [1.82, 2.24) is 0 Å². The first-order valence-corrected chi connectivity index (χ1v) is 7.03. The SMILES string of the molecule is Fc1cc(F)c(C(Br)c2ccccc2I)c(F)c1. The van der Waals surface area contributed by atoms with Gasteiger partial charge in [-0.25, -0.2) is 13.2 Å². The molecule has 0 heterocycles. The Morgan fingerprint density at radius 1 is 1.00 bits per heavy atom. The van der Waals surface area contributed by atoms with Gasteiger partial charge in [-0.2, -0.15) is 0 Å². The summed E-state index contributed by atoms with van der Waals surface area (Å²) in [6, 6.07) is 8.59. The van der Waals surface area contributed by atoms with Crippen molar-refractivity contribution in [3.8, 4) is 0 Å². The molecule has 0 N–H and O–H groups in total. The Balaban J connectivity index is 2.53. The lowest BCUT2D eigenvalue weighted by atomic mass is 10.0. The first-order valence-electron chi connectivity index (χ1n) is 5.03. The van der Waals surface area contributed by atoms with Crippen molar-refractivity contribution in [3.63, 3.8) is 0 Å². The minimum atomic E-state index is -0.920. The zero-order valence-electron chi connectivity index (χ0n) is 8.93. The Labute approximate surface area is 124 Å². The highest BCUT2D eigenvalue weighted by Gasteiger charge is 2.22. The average molecular weight is 427 g/mol. The Bertz CT molecular complexity index is 563. The molecular formula is C13H7BrF3I. The number of benzene rings is 2. The topological polar surface area (TPSA) is 0 Å². The fourth-order valence-electron chi connectivity index (χ4n) is 1.63. The molecule has 0 amide bonds. The van der Waals surface area contributed by atoms with Crippen LogP contribution in [0.25, 0.3) is 0 Å².